The molecule has 1 rings (SSSR count). The van der Waals surface area contributed by atoms with Crippen molar-refractivity contribution < 1.29 is 14.7 Å². The Morgan fingerprint density at radius 1 is 1.60 bits per heavy atom. The molecule has 15 heavy (non-hydrogen) atoms. The second-order valence-electron chi connectivity index (χ2n) is 2.97. The van der Waals surface area contributed by atoms with Crippen LogP contribution in [0.15, 0.2) is 12.4 Å². The fourth-order valence-corrected chi connectivity index (χ4v) is 1.04. The van der Waals surface area contributed by atoms with Gasteiger partial charge in [-0.2, -0.15) is 0 Å². The van der Waals surface area contributed by atoms with E-state index in [1.807, 2.05) is 0 Å². The van der Waals surface area contributed by atoms with E-state index in [0.717, 1.165) is 0 Å². The maximum atomic E-state index is 11.3. The molecule has 1 aromatic heterocycles. The van der Waals surface area contributed by atoms with Gasteiger partial charge < -0.3 is 10.4 Å². The molecule has 1 unspecified atom stereocenters. The number of carboxylic acids is 1. The Morgan fingerprint density at radius 3 is 2.80 bits per heavy atom. The molecule has 0 spiro atoms. The van der Waals surface area contributed by atoms with Crippen LogP contribution in [0, 0.1) is 0 Å². The van der Waals surface area contributed by atoms with Crippen LogP contribution in [0.3, 0.4) is 0 Å². The zero-order chi connectivity index (χ0) is 11.3. The van der Waals surface area contributed by atoms with Crippen LogP contribution < -0.4 is 5.32 Å². The number of nitrogens with zero attached hydrogens (tertiary/aromatic N) is 3. The van der Waals surface area contributed by atoms with E-state index in [-0.39, 0.29) is 6.54 Å². The number of carbonyl (C=O) groups excluding carboxylic acids is 1. The molecular weight excluding hydrogens is 200 g/mol. The number of hydrogen-bond acceptors (Lipinski definition) is 4. The third-order valence-corrected chi connectivity index (χ3v) is 1.82. The molecule has 0 aliphatic carbocycles. The number of carbonyl (C=O) groups is 2. The Labute approximate surface area is 86.1 Å². The minimum absolute atomic E-state index is 0.0240. The molecule has 0 aliphatic rings. The minimum Gasteiger partial charge on any atom is -0.480 e. The van der Waals surface area contributed by atoms with Crippen LogP contribution in [0.5, 0.6) is 0 Å². The molecule has 7 nitrogen and oxygen atoms in total. The monoisotopic (exact) mass is 212 g/mol. The molecule has 0 aliphatic heterocycles. The van der Waals surface area contributed by atoms with Crippen molar-refractivity contribution >= 4 is 11.9 Å². The van der Waals surface area contributed by atoms with Crippen molar-refractivity contribution in [2.45, 2.75) is 25.9 Å². The van der Waals surface area contributed by atoms with E-state index in [0.29, 0.717) is 6.42 Å². The second-order valence-corrected chi connectivity index (χ2v) is 2.97. The van der Waals surface area contributed by atoms with Gasteiger partial charge in [-0.05, 0) is 6.42 Å². The lowest BCUT2D eigenvalue weighted by atomic mass is 10.2. The predicted octanol–water partition coefficient (Wildman–Crippen LogP) is -0.743. The summed E-state index contributed by atoms with van der Waals surface area (Å²) in [5.41, 5.74) is 0. The second kappa shape index (κ2) is 5.08. The van der Waals surface area contributed by atoms with Gasteiger partial charge in [0.1, 0.15) is 12.6 Å². The Bertz CT molecular complexity index is 336. The van der Waals surface area contributed by atoms with Gasteiger partial charge in [0.05, 0.1) is 6.20 Å². The summed E-state index contributed by atoms with van der Waals surface area (Å²) in [5.74, 6) is -1.43. The van der Waals surface area contributed by atoms with Gasteiger partial charge in [-0.1, -0.05) is 12.1 Å². The highest BCUT2D eigenvalue weighted by molar-refractivity contribution is 5.83. The predicted molar refractivity (Wildman–Crippen MR) is 49.9 cm³/mol. The van der Waals surface area contributed by atoms with Gasteiger partial charge >= 0.3 is 5.97 Å². The molecule has 7 heteroatoms. The maximum Gasteiger partial charge on any atom is 0.326 e. The van der Waals surface area contributed by atoms with Crippen molar-refractivity contribution in [3.63, 3.8) is 0 Å². The normalized spacial score (nSPS) is 12.1. The van der Waals surface area contributed by atoms with Gasteiger partial charge in [0, 0.05) is 6.20 Å². The van der Waals surface area contributed by atoms with Crippen LogP contribution in [0.1, 0.15) is 13.3 Å². The lowest BCUT2D eigenvalue weighted by Gasteiger charge is -2.11. The Morgan fingerprint density at radius 2 is 2.33 bits per heavy atom. The van der Waals surface area contributed by atoms with Crippen LogP contribution in [0.2, 0.25) is 0 Å². The summed E-state index contributed by atoms with van der Waals surface area (Å²) in [5, 5.41) is 18.2. The Balaban J connectivity index is 2.45. The van der Waals surface area contributed by atoms with Crippen LogP contribution in [0.25, 0.3) is 0 Å². The topological polar surface area (TPSA) is 97.1 Å². The largest absolute Gasteiger partial charge is 0.480 e. The zero-order valence-corrected chi connectivity index (χ0v) is 8.25. The molecule has 0 radical (unpaired) electrons. The third-order valence-electron chi connectivity index (χ3n) is 1.82. The fourth-order valence-electron chi connectivity index (χ4n) is 1.04. The first-order chi connectivity index (χ1) is 7.13. The number of amides is 1. The first kappa shape index (κ1) is 11.2. The van der Waals surface area contributed by atoms with Crippen LogP contribution in [-0.2, 0) is 16.1 Å². The van der Waals surface area contributed by atoms with Crippen LogP contribution in [-0.4, -0.2) is 38.0 Å². The number of hydrogen-bond donors (Lipinski definition) is 2. The number of nitrogens with one attached hydrogen (secondary N) is 1. The van der Waals surface area contributed by atoms with Crippen LogP contribution in [0.4, 0.5) is 0 Å². The fraction of sp³-hybridized carbons (Fsp3) is 0.500. The van der Waals surface area contributed by atoms with E-state index in [1.54, 1.807) is 6.92 Å². The van der Waals surface area contributed by atoms with Crippen molar-refractivity contribution in [2.24, 2.45) is 0 Å². The summed E-state index contributed by atoms with van der Waals surface area (Å²) in [7, 11) is 0. The summed E-state index contributed by atoms with van der Waals surface area (Å²) in [4.78, 5) is 21.9. The molecule has 0 saturated heterocycles. The molecule has 2 N–H and O–H groups in total. The summed E-state index contributed by atoms with van der Waals surface area (Å²) in [6.07, 6.45) is 3.32. The molecule has 82 valence electrons. The lowest BCUT2D eigenvalue weighted by Crippen LogP contribution is -2.41. The molecule has 1 amide bonds. The lowest BCUT2D eigenvalue weighted by molar-refractivity contribution is -0.142. The molecule has 0 bridgehead atoms. The summed E-state index contributed by atoms with van der Waals surface area (Å²) >= 11 is 0. The molecule has 1 heterocycles. The number of aliphatic carboxylic acids is 1. The maximum absolute atomic E-state index is 11.3. The van der Waals surface area contributed by atoms with Gasteiger partial charge in [0.15, 0.2) is 0 Å². The minimum atomic E-state index is -1.04. The summed E-state index contributed by atoms with van der Waals surface area (Å²) in [6, 6.07) is -0.846. The van der Waals surface area contributed by atoms with Crippen molar-refractivity contribution in [2.75, 3.05) is 0 Å². The smallest absolute Gasteiger partial charge is 0.326 e. The zero-order valence-electron chi connectivity index (χ0n) is 8.25. The molecular formula is C8H12N4O3. The molecule has 0 saturated carbocycles. The van der Waals surface area contributed by atoms with Crippen molar-refractivity contribution in [1.82, 2.24) is 20.3 Å². The highest BCUT2D eigenvalue weighted by Gasteiger charge is 2.17. The van der Waals surface area contributed by atoms with Gasteiger partial charge in [-0.25, -0.2) is 9.48 Å². The van der Waals surface area contributed by atoms with Gasteiger partial charge in [0.2, 0.25) is 5.91 Å². The molecule has 0 aromatic carbocycles. The SMILES string of the molecule is CCC(NC(=O)Cn1ccnn1)C(=O)O. The average molecular weight is 212 g/mol. The summed E-state index contributed by atoms with van der Waals surface area (Å²) < 4.78 is 1.32. The van der Waals surface area contributed by atoms with Crippen molar-refractivity contribution in [1.29, 1.82) is 0 Å². The number of carboxylic acid groups (broad SMARTS) is 1. The highest BCUT2D eigenvalue weighted by Crippen LogP contribution is 1.91. The summed E-state index contributed by atoms with van der Waals surface area (Å²) in [6.45, 7) is 1.66. The van der Waals surface area contributed by atoms with E-state index in [9.17, 15) is 9.59 Å². The number of aromatic nitrogens is 3. The van der Waals surface area contributed by atoms with E-state index in [1.165, 1.54) is 17.1 Å². The first-order valence-corrected chi connectivity index (χ1v) is 4.49. The van der Waals surface area contributed by atoms with Crippen molar-refractivity contribution in [3.8, 4) is 0 Å². The highest BCUT2D eigenvalue weighted by atomic mass is 16.4. The molecule has 1 aromatic rings. The van der Waals surface area contributed by atoms with E-state index in [2.05, 4.69) is 15.6 Å². The van der Waals surface area contributed by atoms with Gasteiger partial charge in [-0.15, -0.1) is 5.10 Å². The van der Waals surface area contributed by atoms with E-state index in [4.69, 9.17) is 5.11 Å². The van der Waals surface area contributed by atoms with Gasteiger partial charge in [-0.3, -0.25) is 4.79 Å². The quantitative estimate of drug-likeness (QED) is 0.669. The molecule has 0 fully saturated rings. The molecule has 1 atom stereocenters. The number of rotatable bonds is 5. The Kier molecular flexibility index (Phi) is 3.78. The average Bonchev–Trinajstić information content (AvgIpc) is 2.66. The Hall–Kier alpha value is -1.92. The van der Waals surface area contributed by atoms with E-state index >= 15 is 0 Å². The van der Waals surface area contributed by atoms with Crippen LogP contribution >= 0.6 is 0 Å². The first-order valence-electron chi connectivity index (χ1n) is 4.49. The van der Waals surface area contributed by atoms with E-state index < -0.39 is 17.9 Å². The van der Waals surface area contributed by atoms with Gasteiger partial charge in [0.25, 0.3) is 0 Å². The standard InChI is InChI=1S/C8H12N4O3/c1-2-6(8(14)15)10-7(13)5-12-4-3-9-11-12/h3-4,6H,2,5H2,1H3,(H,10,13)(H,14,15). The van der Waals surface area contributed by atoms with Crippen molar-refractivity contribution in [3.05, 3.63) is 12.4 Å². The third kappa shape index (κ3) is 3.37.